The second-order valence-corrected chi connectivity index (χ2v) is 6.64. The summed E-state index contributed by atoms with van der Waals surface area (Å²) in [5.41, 5.74) is 2.12. The SMILES string of the molecule is COc1ccccc1CCNC(=O)c1cc(C)nc(N2CCN(C=O)CC2)n1. The van der Waals surface area contributed by atoms with Gasteiger partial charge in [0.2, 0.25) is 12.4 Å². The van der Waals surface area contributed by atoms with Crippen LogP contribution < -0.4 is 15.0 Å². The molecule has 0 aliphatic carbocycles. The molecule has 1 aromatic heterocycles. The van der Waals surface area contributed by atoms with E-state index < -0.39 is 0 Å². The van der Waals surface area contributed by atoms with E-state index in [1.165, 1.54) is 0 Å². The zero-order chi connectivity index (χ0) is 19.9. The molecule has 1 fully saturated rings. The van der Waals surface area contributed by atoms with Crippen molar-refractivity contribution in [3.63, 3.8) is 0 Å². The van der Waals surface area contributed by atoms with Gasteiger partial charge in [-0.15, -0.1) is 0 Å². The van der Waals surface area contributed by atoms with Crippen LogP contribution in [0.2, 0.25) is 0 Å². The average molecular weight is 383 g/mol. The first-order chi connectivity index (χ1) is 13.6. The minimum atomic E-state index is -0.229. The third kappa shape index (κ3) is 4.76. The maximum atomic E-state index is 12.6. The van der Waals surface area contributed by atoms with Crippen molar-refractivity contribution in [1.82, 2.24) is 20.2 Å². The van der Waals surface area contributed by atoms with Crippen LogP contribution in [0.15, 0.2) is 30.3 Å². The zero-order valence-electron chi connectivity index (χ0n) is 16.2. The molecule has 8 nitrogen and oxygen atoms in total. The van der Waals surface area contributed by atoms with Crippen molar-refractivity contribution in [3.05, 3.63) is 47.3 Å². The second-order valence-electron chi connectivity index (χ2n) is 6.64. The molecule has 1 N–H and O–H groups in total. The fraction of sp³-hybridized carbons (Fsp3) is 0.400. The van der Waals surface area contributed by atoms with Crippen LogP contribution in [0.4, 0.5) is 5.95 Å². The van der Waals surface area contributed by atoms with E-state index in [1.54, 1.807) is 18.1 Å². The Labute approximate surface area is 164 Å². The van der Waals surface area contributed by atoms with Crippen molar-refractivity contribution in [2.45, 2.75) is 13.3 Å². The van der Waals surface area contributed by atoms with Crippen molar-refractivity contribution in [1.29, 1.82) is 0 Å². The lowest BCUT2D eigenvalue weighted by Gasteiger charge is -2.32. The number of benzene rings is 1. The highest BCUT2D eigenvalue weighted by atomic mass is 16.5. The number of amides is 2. The lowest BCUT2D eigenvalue weighted by atomic mass is 10.1. The third-order valence-corrected chi connectivity index (χ3v) is 4.69. The number of piperazine rings is 1. The number of methoxy groups -OCH3 is 1. The maximum absolute atomic E-state index is 12.6. The Morgan fingerprint density at radius 3 is 2.68 bits per heavy atom. The van der Waals surface area contributed by atoms with Crippen molar-refractivity contribution in [3.8, 4) is 5.75 Å². The largest absolute Gasteiger partial charge is 0.496 e. The van der Waals surface area contributed by atoms with Crippen LogP contribution in [0.5, 0.6) is 5.75 Å². The van der Waals surface area contributed by atoms with E-state index in [9.17, 15) is 9.59 Å². The molecule has 0 saturated carbocycles. The summed E-state index contributed by atoms with van der Waals surface area (Å²) >= 11 is 0. The fourth-order valence-corrected chi connectivity index (χ4v) is 3.15. The van der Waals surface area contributed by atoms with Crippen LogP contribution >= 0.6 is 0 Å². The molecular weight excluding hydrogens is 358 g/mol. The number of nitrogens with one attached hydrogen (secondary N) is 1. The summed E-state index contributed by atoms with van der Waals surface area (Å²) in [4.78, 5) is 36.0. The van der Waals surface area contributed by atoms with Gasteiger partial charge in [0.1, 0.15) is 11.4 Å². The molecule has 8 heteroatoms. The number of anilines is 1. The molecular formula is C20H25N5O3. The monoisotopic (exact) mass is 383 g/mol. The first-order valence-electron chi connectivity index (χ1n) is 9.31. The quantitative estimate of drug-likeness (QED) is 0.719. The molecule has 0 unspecified atom stereocenters. The predicted octanol–water partition coefficient (Wildman–Crippen LogP) is 1.04. The Balaban J connectivity index is 1.62. The van der Waals surface area contributed by atoms with E-state index in [0.29, 0.717) is 50.8 Å². The number of nitrogens with zero attached hydrogens (tertiary/aromatic N) is 4. The van der Waals surface area contributed by atoms with E-state index >= 15 is 0 Å². The second kappa shape index (κ2) is 9.16. The van der Waals surface area contributed by atoms with Gasteiger partial charge in [-0.05, 0) is 31.0 Å². The van der Waals surface area contributed by atoms with Gasteiger partial charge in [-0.2, -0.15) is 0 Å². The number of hydrogen-bond donors (Lipinski definition) is 1. The van der Waals surface area contributed by atoms with Crippen LogP contribution in [0.3, 0.4) is 0 Å². The standard InChI is InChI=1S/C20H25N5O3/c1-15-13-17(23-20(22-15)25-11-9-24(14-26)10-12-25)19(27)21-8-7-16-5-3-4-6-18(16)28-2/h3-6,13-14H,7-12H2,1-2H3,(H,21,27). The van der Waals surface area contributed by atoms with Crippen LogP contribution in [0.1, 0.15) is 21.7 Å². The maximum Gasteiger partial charge on any atom is 0.270 e. The molecule has 1 aliphatic heterocycles. The summed E-state index contributed by atoms with van der Waals surface area (Å²) in [6.07, 6.45) is 1.52. The lowest BCUT2D eigenvalue weighted by Crippen LogP contribution is -2.46. The van der Waals surface area contributed by atoms with Crippen LogP contribution in [0, 0.1) is 6.92 Å². The van der Waals surface area contributed by atoms with Crippen molar-refractivity contribution in [2.75, 3.05) is 44.7 Å². The van der Waals surface area contributed by atoms with E-state index in [0.717, 1.165) is 23.4 Å². The van der Waals surface area contributed by atoms with Gasteiger partial charge in [-0.25, -0.2) is 9.97 Å². The third-order valence-electron chi connectivity index (χ3n) is 4.69. The van der Waals surface area contributed by atoms with Crippen molar-refractivity contribution in [2.24, 2.45) is 0 Å². The molecule has 3 rings (SSSR count). The minimum Gasteiger partial charge on any atom is -0.496 e. The van der Waals surface area contributed by atoms with Crippen molar-refractivity contribution >= 4 is 18.3 Å². The molecule has 0 bridgehead atoms. The highest BCUT2D eigenvalue weighted by Gasteiger charge is 2.20. The molecule has 1 aromatic carbocycles. The van der Waals surface area contributed by atoms with Gasteiger partial charge in [0, 0.05) is 38.4 Å². The number of ether oxygens (including phenoxy) is 1. The van der Waals surface area contributed by atoms with E-state index in [-0.39, 0.29) is 5.91 Å². The molecule has 2 aromatic rings. The predicted molar refractivity (Wildman–Crippen MR) is 106 cm³/mol. The number of aryl methyl sites for hydroxylation is 1. The Morgan fingerprint density at radius 2 is 1.96 bits per heavy atom. The van der Waals surface area contributed by atoms with Gasteiger partial charge in [0.05, 0.1) is 7.11 Å². The smallest absolute Gasteiger partial charge is 0.270 e. The number of rotatable bonds is 7. The number of para-hydroxylation sites is 1. The molecule has 0 radical (unpaired) electrons. The number of hydrogen-bond acceptors (Lipinski definition) is 6. The Bertz CT molecular complexity index is 834. The van der Waals surface area contributed by atoms with Crippen LogP contribution in [0.25, 0.3) is 0 Å². The molecule has 2 heterocycles. The number of aromatic nitrogens is 2. The van der Waals surface area contributed by atoms with Crippen LogP contribution in [-0.4, -0.2) is 67.0 Å². The first kappa shape index (κ1) is 19.6. The summed E-state index contributed by atoms with van der Waals surface area (Å²) in [6.45, 7) is 4.88. The van der Waals surface area contributed by atoms with Gasteiger partial charge in [-0.3, -0.25) is 9.59 Å². The van der Waals surface area contributed by atoms with Gasteiger partial charge in [0.15, 0.2) is 0 Å². The van der Waals surface area contributed by atoms with Gasteiger partial charge in [0.25, 0.3) is 5.91 Å². The van der Waals surface area contributed by atoms with Crippen molar-refractivity contribution < 1.29 is 14.3 Å². The van der Waals surface area contributed by atoms with Crippen LogP contribution in [-0.2, 0) is 11.2 Å². The fourth-order valence-electron chi connectivity index (χ4n) is 3.15. The number of carbonyl (C=O) groups excluding carboxylic acids is 2. The Morgan fingerprint density at radius 1 is 1.21 bits per heavy atom. The van der Waals surface area contributed by atoms with E-state index in [4.69, 9.17) is 4.74 Å². The average Bonchev–Trinajstić information content (AvgIpc) is 2.73. The molecule has 28 heavy (non-hydrogen) atoms. The summed E-state index contributed by atoms with van der Waals surface area (Å²) in [6, 6.07) is 9.44. The minimum absolute atomic E-state index is 0.229. The lowest BCUT2D eigenvalue weighted by molar-refractivity contribution is -0.118. The van der Waals surface area contributed by atoms with Gasteiger partial charge in [-0.1, -0.05) is 18.2 Å². The Kier molecular flexibility index (Phi) is 6.41. The normalized spacial score (nSPS) is 13.9. The molecule has 2 amide bonds. The summed E-state index contributed by atoms with van der Waals surface area (Å²) in [5, 5.41) is 2.91. The van der Waals surface area contributed by atoms with Gasteiger partial charge >= 0.3 is 0 Å². The van der Waals surface area contributed by atoms with E-state index in [2.05, 4.69) is 15.3 Å². The Hall–Kier alpha value is -3.16. The topological polar surface area (TPSA) is 87.7 Å². The molecule has 148 valence electrons. The molecule has 1 saturated heterocycles. The molecule has 0 spiro atoms. The number of carbonyl (C=O) groups is 2. The summed E-state index contributed by atoms with van der Waals surface area (Å²) in [5.74, 6) is 1.11. The summed E-state index contributed by atoms with van der Waals surface area (Å²) in [7, 11) is 1.64. The van der Waals surface area contributed by atoms with E-state index in [1.807, 2.05) is 36.1 Å². The molecule has 0 atom stereocenters. The van der Waals surface area contributed by atoms with Gasteiger partial charge < -0.3 is 19.9 Å². The zero-order valence-corrected chi connectivity index (χ0v) is 16.2. The first-order valence-corrected chi connectivity index (χ1v) is 9.31. The highest BCUT2D eigenvalue weighted by molar-refractivity contribution is 5.92. The summed E-state index contributed by atoms with van der Waals surface area (Å²) < 4.78 is 5.34. The molecule has 1 aliphatic rings. The highest BCUT2D eigenvalue weighted by Crippen LogP contribution is 2.17.